The zero-order valence-electron chi connectivity index (χ0n) is 20.1. The first-order valence-corrected chi connectivity index (χ1v) is 12.8. The number of amides is 2. The number of carbonyl (C=O) groups excluding carboxylic acids is 2. The van der Waals surface area contributed by atoms with Gasteiger partial charge in [-0.2, -0.15) is 4.31 Å². The molecule has 0 spiro atoms. The lowest BCUT2D eigenvalue weighted by Crippen LogP contribution is -2.37. The molecule has 0 heterocycles. The van der Waals surface area contributed by atoms with Crippen LogP contribution in [0.5, 0.6) is 0 Å². The molecule has 0 unspecified atom stereocenters. The van der Waals surface area contributed by atoms with E-state index in [1.54, 1.807) is 36.4 Å². The monoisotopic (exact) mass is 473 g/mol. The minimum atomic E-state index is -3.63. The van der Waals surface area contributed by atoms with Gasteiger partial charge < -0.3 is 10.6 Å². The Hall–Kier alpha value is -2.71. The third-order valence-corrected chi connectivity index (χ3v) is 6.62. The van der Waals surface area contributed by atoms with E-state index >= 15 is 0 Å². The molecule has 0 bridgehead atoms. The second-order valence-corrected chi connectivity index (χ2v) is 10.9. The molecule has 0 atom stereocenters. The fraction of sp³-hybridized carbons (Fsp3) is 0.440. The minimum Gasteiger partial charge on any atom is -0.326 e. The fourth-order valence-corrected chi connectivity index (χ4v) is 5.10. The molecular weight excluding hydrogens is 438 g/mol. The molecule has 0 aliphatic rings. The molecule has 8 heteroatoms. The lowest BCUT2D eigenvalue weighted by atomic mass is 10.1. The molecule has 2 aromatic rings. The standard InChI is InChI=1S/C25H35N3O4S/c1-6-8-24(29)26-22-10-7-9-20(15-22)25(30)27-21-11-13-23(14-12-21)33(31,32)28(16-18(2)3)17-19(4)5/h7,9-15,18-19H,6,8,16-17H2,1-5H3,(H,26,29)(H,27,30). The van der Waals surface area contributed by atoms with Gasteiger partial charge in [0.1, 0.15) is 0 Å². The van der Waals surface area contributed by atoms with Gasteiger partial charge in [-0.05, 0) is 60.7 Å². The first kappa shape index (κ1) is 26.5. The van der Waals surface area contributed by atoms with Crippen molar-refractivity contribution in [2.75, 3.05) is 23.7 Å². The predicted molar refractivity (Wildman–Crippen MR) is 133 cm³/mol. The molecule has 2 N–H and O–H groups in total. The summed E-state index contributed by atoms with van der Waals surface area (Å²) in [5.41, 5.74) is 1.43. The quantitative estimate of drug-likeness (QED) is 0.481. The van der Waals surface area contributed by atoms with Gasteiger partial charge in [0.15, 0.2) is 0 Å². The van der Waals surface area contributed by atoms with Gasteiger partial charge in [-0.3, -0.25) is 9.59 Å². The summed E-state index contributed by atoms with van der Waals surface area (Å²) in [5, 5.41) is 5.55. The maximum atomic E-state index is 13.1. The number of hydrogen-bond acceptors (Lipinski definition) is 4. The zero-order chi connectivity index (χ0) is 24.6. The maximum absolute atomic E-state index is 13.1. The number of benzene rings is 2. The SMILES string of the molecule is CCCC(=O)Nc1cccc(C(=O)Nc2ccc(S(=O)(=O)N(CC(C)C)CC(C)C)cc2)c1. The van der Waals surface area contributed by atoms with Gasteiger partial charge in [0.25, 0.3) is 5.91 Å². The van der Waals surface area contributed by atoms with Crippen molar-refractivity contribution in [1.82, 2.24) is 4.31 Å². The number of anilines is 2. The Labute approximate surface area is 197 Å². The Morgan fingerprint density at radius 2 is 1.48 bits per heavy atom. The van der Waals surface area contributed by atoms with Crippen LogP contribution in [0, 0.1) is 11.8 Å². The van der Waals surface area contributed by atoms with Crippen LogP contribution in [0.4, 0.5) is 11.4 Å². The van der Waals surface area contributed by atoms with Gasteiger partial charge >= 0.3 is 0 Å². The van der Waals surface area contributed by atoms with E-state index in [2.05, 4.69) is 10.6 Å². The van der Waals surface area contributed by atoms with Crippen LogP contribution < -0.4 is 10.6 Å². The van der Waals surface area contributed by atoms with Crippen LogP contribution in [-0.2, 0) is 14.8 Å². The number of rotatable bonds is 11. The van der Waals surface area contributed by atoms with E-state index in [1.165, 1.54) is 16.4 Å². The Balaban J connectivity index is 2.14. The average molecular weight is 474 g/mol. The lowest BCUT2D eigenvalue weighted by molar-refractivity contribution is -0.116. The Bertz CT molecular complexity index is 1040. The van der Waals surface area contributed by atoms with E-state index in [9.17, 15) is 18.0 Å². The smallest absolute Gasteiger partial charge is 0.255 e. The Kier molecular flexibility index (Phi) is 9.61. The normalized spacial score (nSPS) is 11.8. The number of hydrogen-bond donors (Lipinski definition) is 2. The van der Waals surface area contributed by atoms with Crippen LogP contribution >= 0.6 is 0 Å². The van der Waals surface area contributed by atoms with E-state index in [0.29, 0.717) is 36.4 Å². The molecule has 0 fully saturated rings. The summed E-state index contributed by atoms with van der Waals surface area (Å²) in [5.74, 6) is -0.0338. The Morgan fingerprint density at radius 1 is 0.879 bits per heavy atom. The summed E-state index contributed by atoms with van der Waals surface area (Å²) < 4.78 is 27.8. The van der Waals surface area contributed by atoms with Crippen LogP contribution in [0.15, 0.2) is 53.4 Å². The van der Waals surface area contributed by atoms with Gasteiger partial charge in [0.2, 0.25) is 15.9 Å². The van der Waals surface area contributed by atoms with E-state index in [0.717, 1.165) is 6.42 Å². The van der Waals surface area contributed by atoms with Gasteiger partial charge in [-0.1, -0.05) is 40.7 Å². The van der Waals surface area contributed by atoms with E-state index in [4.69, 9.17) is 0 Å². The van der Waals surface area contributed by atoms with Crippen LogP contribution in [0.25, 0.3) is 0 Å². The highest BCUT2D eigenvalue weighted by molar-refractivity contribution is 7.89. The van der Waals surface area contributed by atoms with E-state index < -0.39 is 10.0 Å². The molecule has 0 saturated carbocycles. The third-order valence-electron chi connectivity index (χ3n) is 4.77. The molecule has 0 radical (unpaired) electrons. The number of carbonyl (C=O) groups is 2. The van der Waals surface area contributed by atoms with Crippen LogP contribution in [0.1, 0.15) is 57.8 Å². The molecule has 0 saturated heterocycles. The second-order valence-electron chi connectivity index (χ2n) is 8.97. The van der Waals surface area contributed by atoms with Crippen molar-refractivity contribution in [2.24, 2.45) is 11.8 Å². The summed E-state index contributed by atoms with van der Waals surface area (Å²) >= 11 is 0. The average Bonchev–Trinajstić information content (AvgIpc) is 2.73. The van der Waals surface area contributed by atoms with Crippen molar-refractivity contribution in [1.29, 1.82) is 0 Å². The minimum absolute atomic E-state index is 0.101. The number of nitrogens with one attached hydrogen (secondary N) is 2. The highest BCUT2D eigenvalue weighted by atomic mass is 32.2. The molecular formula is C25H35N3O4S. The van der Waals surface area contributed by atoms with Crippen LogP contribution in [-0.4, -0.2) is 37.6 Å². The lowest BCUT2D eigenvalue weighted by Gasteiger charge is -2.25. The van der Waals surface area contributed by atoms with Crippen molar-refractivity contribution in [3.8, 4) is 0 Å². The number of nitrogens with zero attached hydrogens (tertiary/aromatic N) is 1. The second kappa shape index (κ2) is 12.0. The van der Waals surface area contributed by atoms with E-state index in [-0.39, 0.29) is 28.5 Å². The molecule has 180 valence electrons. The third kappa shape index (κ3) is 7.98. The van der Waals surface area contributed by atoms with Gasteiger partial charge in [0, 0.05) is 36.4 Å². The summed E-state index contributed by atoms with van der Waals surface area (Å²) in [6.07, 6.45) is 1.15. The zero-order valence-corrected chi connectivity index (χ0v) is 20.9. The number of sulfonamides is 1. The highest BCUT2D eigenvalue weighted by Gasteiger charge is 2.25. The maximum Gasteiger partial charge on any atom is 0.255 e. The van der Waals surface area contributed by atoms with Crippen molar-refractivity contribution < 1.29 is 18.0 Å². The topological polar surface area (TPSA) is 95.6 Å². The molecule has 2 aromatic carbocycles. The largest absolute Gasteiger partial charge is 0.326 e. The fourth-order valence-electron chi connectivity index (χ4n) is 3.34. The van der Waals surface area contributed by atoms with Crippen molar-refractivity contribution in [3.63, 3.8) is 0 Å². The molecule has 0 aliphatic carbocycles. The molecule has 0 aliphatic heterocycles. The summed E-state index contributed by atoms with van der Waals surface area (Å²) in [7, 11) is -3.63. The van der Waals surface area contributed by atoms with Gasteiger partial charge in [-0.25, -0.2) is 8.42 Å². The Morgan fingerprint density at radius 3 is 2.03 bits per heavy atom. The summed E-state index contributed by atoms with van der Waals surface area (Å²) in [6.45, 7) is 10.8. The van der Waals surface area contributed by atoms with Crippen molar-refractivity contribution >= 4 is 33.2 Å². The molecule has 7 nitrogen and oxygen atoms in total. The highest BCUT2D eigenvalue weighted by Crippen LogP contribution is 2.21. The molecule has 2 amide bonds. The van der Waals surface area contributed by atoms with Crippen LogP contribution in [0.3, 0.4) is 0 Å². The predicted octanol–water partition coefficient (Wildman–Crippen LogP) is 4.98. The van der Waals surface area contributed by atoms with E-state index in [1.807, 2.05) is 34.6 Å². The molecule has 2 rings (SSSR count). The molecule has 0 aromatic heterocycles. The van der Waals surface area contributed by atoms with Crippen molar-refractivity contribution in [2.45, 2.75) is 52.4 Å². The first-order valence-electron chi connectivity index (χ1n) is 11.3. The van der Waals surface area contributed by atoms with Crippen molar-refractivity contribution in [3.05, 3.63) is 54.1 Å². The van der Waals surface area contributed by atoms with Crippen LogP contribution in [0.2, 0.25) is 0 Å². The molecule has 33 heavy (non-hydrogen) atoms. The first-order chi connectivity index (χ1) is 15.5. The van der Waals surface area contributed by atoms with Gasteiger partial charge in [0.05, 0.1) is 4.90 Å². The summed E-state index contributed by atoms with van der Waals surface area (Å²) in [4.78, 5) is 24.7. The van der Waals surface area contributed by atoms with Gasteiger partial charge in [-0.15, -0.1) is 0 Å². The summed E-state index contributed by atoms with van der Waals surface area (Å²) in [6, 6.07) is 12.9.